The highest BCUT2D eigenvalue weighted by molar-refractivity contribution is 7.14. The van der Waals surface area contributed by atoms with Crippen LogP contribution in [-0.4, -0.2) is 21.7 Å². The molecular weight excluding hydrogens is 334 g/mol. The average Bonchev–Trinajstić information content (AvgIpc) is 3.08. The summed E-state index contributed by atoms with van der Waals surface area (Å²) in [5.74, 6) is 0.364. The summed E-state index contributed by atoms with van der Waals surface area (Å²) in [4.78, 5) is 34.3. The molecule has 0 radical (unpaired) electrons. The number of rotatable bonds is 6. The van der Waals surface area contributed by atoms with Gasteiger partial charge in [-0.3, -0.25) is 9.59 Å². The Bertz CT molecular complexity index is 873. The summed E-state index contributed by atoms with van der Waals surface area (Å²) in [6.07, 6.45) is 3.46. The van der Waals surface area contributed by atoms with Gasteiger partial charge in [0.25, 0.3) is 0 Å². The smallest absolute Gasteiger partial charge is 0.224 e. The summed E-state index contributed by atoms with van der Waals surface area (Å²) in [7, 11) is 0. The number of thiophene rings is 1. The molecule has 2 heterocycles. The van der Waals surface area contributed by atoms with Gasteiger partial charge in [0.05, 0.1) is 23.0 Å². The molecule has 2 aromatic heterocycles. The Labute approximate surface area is 149 Å². The van der Waals surface area contributed by atoms with Gasteiger partial charge >= 0.3 is 0 Å². The number of anilines is 1. The molecule has 1 N–H and O–H groups in total. The fourth-order valence-electron chi connectivity index (χ4n) is 2.29. The van der Waals surface area contributed by atoms with E-state index in [-0.39, 0.29) is 24.5 Å². The van der Waals surface area contributed by atoms with Crippen LogP contribution in [0.3, 0.4) is 0 Å². The summed E-state index contributed by atoms with van der Waals surface area (Å²) in [6, 6.07) is 13.3. The number of nitrogens with one attached hydrogen (secondary N) is 1. The molecule has 0 unspecified atom stereocenters. The van der Waals surface area contributed by atoms with Crippen molar-refractivity contribution in [2.24, 2.45) is 0 Å². The predicted octanol–water partition coefficient (Wildman–Crippen LogP) is 4.12. The predicted molar refractivity (Wildman–Crippen MR) is 98.7 cm³/mol. The molecule has 6 heteroatoms. The third-order valence-electron chi connectivity index (χ3n) is 3.56. The minimum Gasteiger partial charge on any atom is -0.323 e. The molecule has 1 aromatic carbocycles. The van der Waals surface area contributed by atoms with Crippen molar-refractivity contribution in [2.45, 2.75) is 19.8 Å². The van der Waals surface area contributed by atoms with Gasteiger partial charge in [-0.2, -0.15) is 0 Å². The van der Waals surface area contributed by atoms with Crippen LogP contribution in [0.25, 0.3) is 11.4 Å². The van der Waals surface area contributed by atoms with Gasteiger partial charge in [0.1, 0.15) is 0 Å². The minimum atomic E-state index is -0.224. The van der Waals surface area contributed by atoms with E-state index in [1.165, 1.54) is 11.3 Å². The molecule has 0 saturated carbocycles. The van der Waals surface area contributed by atoms with Crippen LogP contribution in [-0.2, 0) is 4.79 Å². The monoisotopic (exact) mass is 351 g/mol. The Morgan fingerprint density at radius 3 is 2.36 bits per heavy atom. The van der Waals surface area contributed by atoms with Gasteiger partial charge in [0, 0.05) is 23.3 Å². The zero-order valence-corrected chi connectivity index (χ0v) is 14.5. The molecule has 3 rings (SSSR count). The summed E-state index contributed by atoms with van der Waals surface area (Å²) in [5.41, 5.74) is 1.43. The summed E-state index contributed by atoms with van der Waals surface area (Å²) in [5, 5.41) is 2.72. The lowest BCUT2D eigenvalue weighted by molar-refractivity contribution is -0.116. The van der Waals surface area contributed by atoms with Gasteiger partial charge in [0.15, 0.2) is 11.6 Å². The maximum absolute atomic E-state index is 12.0. The highest BCUT2D eigenvalue weighted by Gasteiger charge is 2.11. The van der Waals surface area contributed by atoms with Crippen molar-refractivity contribution in [1.82, 2.24) is 9.97 Å². The van der Waals surface area contributed by atoms with E-state index in [1.807, 2.05) is 43.3 Å². The summed E-state index contributed by atoms with van der Waals surface area (Å²) in [6.45, 7) is 1.95. The first-order valence-electron chi connectivity index (χ1n) is 7.89. The molecule has 126 valence electrons. The van der Waals surface area contributed by atoms with E-state index in [1.54, 1.807) is 18.5 Å². The lowest BCUT2D eigenvalue weighted by atomic mass is 10.2. The molecule has 3 aromatic rings. The molecule has 0 fully saturated rings. The van der Waals surface area contributed by atoms with Crippen LogP contribution in [0, 0.1) is 6.92 Å². The van der Waals surface area contributed by atoms with E-state index in [2.05, 4.69) is 15.3 Å². The van der Waals surface area contributed by atoms with E-state index in [0.29, 0.717) is 16.4 Å². The number of ketones is 1. The fraction of sp³-hybridized carbons (Fsp3) is 0.158. The Hall–Kier alpha value is -2.86. The van der Waals surface area contributed by atoms with Crippen molar-refractivity contribution >= 4 is 28.7 Å². The maximum atomic E-state index is 12.0. The molecule has 25 heavy (non-hydrogen) atoms. The molecule has 1 amide bonds. The minimum absolute atomic E-state index is 0.0103. The molecule has 0 aliphatic heterocycles. The Balaban J connectivity index is 1.53. The van der Waals surface area contributed by atoms with Crippen LogP contribution in [0.2, 0.25) is 0 Å². The van der Waals surface area contributed by atoms with Gasteiger partial charge in [-0.25, -0.2) is 9.97 Å². The normalized spacial score (nSPS) is 10.4. The van der Waals surface area contributed by atoms with Gasteiger partial charge in [-0.05, 0) is 19.1 Å². The number of carbonyl (C=O) groups is 2. The second kappa shape index (κ2) is 7.81. The van der Waals surface area contributed by atoms with Crippen LogP contribution in [0.4, 0.5) is 5.69 Å². The number of aromatic nitrogens is 2. The summed E-state index contributed by atoms with van der Waals surface area (Å²) < 4.78 is 0. The van der Waals surface area contributed by atoms with Crippen molar-refractivity contribution < 1.29 is 9.59 Å². The van der Waals surface area contributed by atoms with Crippen LogP contribution < -0.4 is 5.32 Å². The van der Waals surface area contributed by atoms with Crippen LogP contribution in [0.1, 0.15) is 27.4 Å². The molecular formula is C19H17N3O2S. The molecule has 5 nitrogen and oxygen atoms in total. The number of amides is 1. The summed E-state index contributed by atoms with van der Waals surface area (Å²) >= 11 is 1.45. The van der Waals surface area contributed by atoms with Crippen molar-refractivity contribution in [1.29, 1.82) is 0 Å². The average molecular weight is 351 g/mol. The molecule has 0 aliphatic carbocycles. The van der Waals surface area contributed by atoms with Gasteiger partial charge in [-0.15, -0.1) is 11.3 Å². The van der Waals surface area contributed by atoms with Crippen molar-refractivity contribution in [2.75, 3.05) is 5.32 Å². The first-order chi connectivity index (χ1) is 12.1. The van der Waals surface area contributed by atoms with Gasteiger partial charge < -0.3 is 5.32 Å². The standard InChI is InChI=1S/C19H17N3O2S/c1-13-7-9-17(25-13)16(23)8-10-18(24)22-15-11-20-19(21-12-15)14-5-3-2-4-6-14/h2-7,9,11-12H,8,10H2,1H3,(H,22,24). The number of carbonyl (C=O) groups excluding carboxylic acids is 2. The second-order valence-corrected chi connectivity index (χ2v) is 6.83. The molecule has 0 atom stereocenters. The van der Waals surface area contributed by atoms with Crippen molar-refractivity contribution in [3.63, 3.8) is 0 Å². The zero-order chi connectivity index (χ0) is 17.6. The highest BCUT2D eigenvalue weighted by atomic mass is 32.1. The molecule has 0 bridgehead atoms. The lowest BCUT2D eigenvalue weighted by Gasteiger charge is -2.05. The highest BCUT2D eigenvalue weighted by Crippen LogP contribution is 2.18. The maximum Gasteiger partial charge on any atom is 0.224 e. The van der Waals surface area contributed by atoms with E-state index in [0.717, 1.165) is 10.4 Å². The number of hydrogen-bond acceptors (Lipinski definition) is 5. The number of aryl methyl sites for hydroxylation is 1. The molecule has 0 aliphatic rings. The van der Waals surface area contributed by atoms with Crippen molar-refractivity contribution in [3.05, 3.63) is 64.6 Å². The van der Waals surface area contributed by atoms with Gasteiger partial charge in [0.2, 0.25) is 5.91 Å². The van der Waals surface area contributed by atoms with E-state index in [4.69, 9.17) is 0 Å². The first kappa shape index (κ1) is 17.0. The Kier molecular flexibility index (Phi) is 5.30. The van der Waals surface area contributed by atoms with E-state index in [9.17, 15) is 9.59 Å². The zero-order valence-electron chi connectivity index (χ0n) is 13.7. The quantitative estimate of drug-likeness (QED) is 0.678. The number of benzene rings is 1. The van der Waals surface area contributed by atoms with E-state index < -0.39 is 0 Å². The molecule has 0 spiro atoms. The number of Topliss-reactive ketones (excluding diaryl/α,β-unsaturated/α-hetero) is 1. The molecule has 0 saturated heterocycles. The topological polar surface area (TPSA) is 72.0 Å². The fourth-order valence-corrected chi connectivity index (χ4v) is 3.12. The number of hydrogen-bond donors (Lipinski definition) is 1. The Morgan fingerprint density at radius 1 is 1.00 bits per heavy atom. The van der Waals surface area contributed by atoms with Gasteiger partial charge in [-0.1, -0.05) is 30.3 Å². The van der Waals surface area contributed by atoms with E-state index >= 15 is 0 Å². The van der Waals surface area contributed by atoms with Crippen LogP contribution in [0.15, 0.2) is 54.9 Å². The third kappa shape index (κ3) is 4.58. The second-order valence-electron chi connectivity index (χ2n) is 5.54. The lowest BCUT2D eigenvalue weighted by Crippen LogP contribution is -2.13. The van der Waals surface area contributed by atoms with Crippen molar-refractivity contribution in [3.8, 4) is 11.4 Å². The van der Waals surface area contributed by atoms with Crippen LogP contribution in [0.5, 0.6) is 0 Å². The number of nitrogens with zero attached hydrogens (tertiary/aromatic N) is 2. The third-order valence-corrected chi connectivity index (χ3v) is 4.60. The first-order valence-corrected chi connectivity index (χ1v) is 8.70. The largest absolute Gasteiger partial charge is 0.323 e. The Morgan fingerprint density at radius 2 is 1.72 bits per heavy atom. The van der Waals surface area contributed by atoms with Crippen LogP contribution >= 0.6 is 11.3 Å². The SMILES string of the molecule is Cc1ccc(C(=O)CCC(=O)Nc2cnc(-c3ccccc3)nc2)s1.